The molecule has 0 fully saturated rings. The van der Waals surface area contributed by atoms with Crippen LogP contribution in [-0.4, -0.2) is 17.7 Å². The first kappa shape index (κ1) is 13.1. The summed E-state index contributed by atoms with van der Waals surface area (Å²) in [6.45, 7) is 1.07. The van der Waals surface area contributed by atoms with E-state index in [4.69, 9.17) is 5.11 Å². The molecule has 3 nitrogen and oxygen atoms in total. The van der Waals surface area contributed by atoms with Crippen molar-refractivity contribution in [1.82, 2.24) is 0 Å². The summed E-state index contributed by atoms with van der Waals surface area (Å²) in [5, 5.41) is 8.69. The Morgan fingerprint density at radius 3 is 2.47 bits per heavy atom. The van der Waals surface area contributed by atoms with Crippen molar-refractivity contribution >= 4 is 5.97 Å². The summed E-state index contributed by atoms with van der Waals surface area (Å²) >= 11 is 0. The Morgan fingerprint density at radius 1 is 1.41 bits per heavy atom. The first-order chi connectivity index (χ1) is 8.08. The molecule has 0 aliphatic carbocycles. The summed E-state index contributed by atoms with van der Waals surface area (Å²) in [5.41, 5.74) is -0.420. The number of aliphatic hydroxyl groups excluding tert-OH is 1. The molecule has 0 aliphatic rings. The molecule has 90 valence electrons. The van der Waals surface area contributed by atoms with Gasteiger partial charge < -0.3 is 9.84 Å². The molecule has 17 heavy (non-hydrogen) atoms. The number of carbonyl (C=O) groups excluding carboxylic acids is 1. The molecule has 0 unspecified atom stereocenters. The molecule has 1 rings (SSSR count). The average molecular weight is 240 g/mol. The van der Waals surface area contributed by atoms with E-state index in [1.165, 1.54) is 0 Å². The van der Waals surface area contributed by atoms with Gasteiger partial charge in [0.1, 0.15) is 11.6 Å². The molecular formula is C12H10F2O3. The highest BCUT2D eigenvalue weighted by molar-refractivity contribution is 5.89. The van der Waals surface area contributed by atoms with Crippen molar-refractivity contribution in [2.24, 2.45) is 0 Å². The summed E-state index contributed by atoms with van der Waals surface area (Å²) in [7, 11) is 0. The maximum absolute atomic E-state index is 13.2. The van der Waals surface area contributed by atoms with E-state index in [0.717, 1.165) is 12.1 Å². The van der Waals surface area contributed by atoms with Gasteiger partial charge in [0, 0.05) is 17.0 Å². The number of aliphatic hydroxyl groups is 1. The fraction of sp³-hybridized carbons (Fsp3) is 0.250. The van der Waals surface area contributed by atoms with Crippen molar-refractivity contribution in [1.29, 1.82) is 0 Å². The quantitative estimate of drug-likeness (QED) is 0.627. The zero-order valence-corrected chi connectivity index (χ0v) is 9.09. The minimum absolute atomic E-state index is 0.00486. The van der Waals surface area contributed by atoms with Gasteiger partial charge in [0.2, 0.25) is 0 Å². The van der Waals surface area contributed by atoms with Gasteiger partial charge in [0.05, 0.1) is 13.2 Å². The first-order valence-electron chi connectivity index (χ1n) is 4.86. The molecule has 0 amide bonds. The maximum atomic E-state index is 13.2. The molecule has 0 aromatic heterocycles. The van der Waals surface area contributed by atoms with Crippen molar-refractivity contribution in [3.05, 3.63) is 34.9 Å². The van der Waals surface area contributed by atoms with Gasteiger partial charge in [0.15, 0.2) is 0 Å². The molecule has 0 radical (unpaired) electrons. The number of carbonyl (C=O) groups is 1. The second-order valence-corrected chi connectivity index (χ2v) is 3.05. The lowest BCUT2D eigenvalue weighted by atomic mass is 10.1. The van der Waals surface area contributed by atoms with Crippen LogP contribution in [0.25, 0.3) is 0 Å². The second-order valence-electron chi connectivity index (χ2n) is 3.05. The van der Waals surface area contributed by atoms with Crippen LogP contribution in [0, 0.1) is 23.5 Å². The topological polar surface area (TPSA) is 46.5 Å². The molecule has 1 aromatic rings. The molecule has 0 spiro atoms. The van der Waals surface area contributed by atoms with Gasteiger partial charge in [-0.3, -0.25) is 0 Å². The fourth-order valence-electron chi connectivity index (χ4n) is 1.12. The molecule has 1 aromatic carbocycles. The van der Waals surface area contributed by atoms with Crippen LogP contribution in [0.2, 0.25) is 0 Å². The molecule has 0 saturated heterocycles. The Hall–Kier alpha value is -1.93. The standard InChI is InChI=1S/C12H10F2O3/c1-2-17-12(16)4-3-8-5-10(13)9(7-15)11(14)6-8/h5-6,15H,2,7H2,1H3. The first-order valence-corrected chi connectivity index (χ1v) is 4.86. The van der Waals surface area contributed by atoms with Crippen LogP contribution in [0.3, 0.4) is 0 Å². The smallest absolute Gasteiger partial charge is 0.384 e. The van der Waals surface area contributed by atoms with E-state index in [9.17, 15) is 13.6 Å². The average Bonchev–Trinajstić information content (AvgIpc) is 2.26. The Morgan fingerprint density at radius 2 is 2.00 bits per heavy atom. The SMILES string of the molecule is CCOC(=O)C#Cc1cc(F)c(CO)c(F)c1. The van der Waals surface area contributed by atoms with Crippen molar-refractivity contribution in [2.45, 2.75) is 13.5 Å². The highest BCUT2D eigenvalue weighted by Gasteiger charge is 2.09. The van der Waals surface area contributed by atoms with E-state index >= 15 is 0 Å². The lowest BCUT2D eigenvalue weighted by molar-refractivity contribution is -0.136. The van der Waals surface area contributed by atoms with Crippen LogP contribution >= 0.6 is 0 Å². The second kappa shape index (κ2) is 5.97. The van der Waals surface area contributed by atoms with Gasteiger partial charge >= 0.3 is 5.97 Å². The monoisotopic (exact) mass is 240 g/mol. The molecule has 0 heterocycles. The van der Waals surface area contributed by atoms with E-state index in [1.54, 1.807) is 6.92 Å². The van der Waals surface area contributed by atoms with Crippen molar-refractivity contribution in [3.63, 3.8) is 0 Å². The zero-order chi connectivity index (χ0) is 12.8. The van der Waals surface area contributed by atoms with Crippen LogP contribution in [0.1, 0.15) is 18.1 Å². The number of esters is 1. The number of halogens is 2. The normalized spacial score (nSPS) is 9.41. The van der Waals surface area contributed by atoms with E-state index in [0.29, 0.717) is 0 Å². The fourth-order valence-corrected chi connectivity index (χ4v) is 1.12. The summed E-state index contributed by atoms with van der Waals surface area (Å²) in [6, 6.07) is 1.89. The van der Waals surface area contributed by atoms with Crippen LogP contribution < -0.4 is 0 Å². The minimum atomic E-state index is -0.902. The number of benzene rings is 1. The number of rotatable bonds is 2. The van der Waals surface area contributed by atoms with Gasteiger partial charge in [-0.25, -0.2) is 13.6 Å². The van der Waals surface area contributed by atoms with Crippen LogP contribution in [0.4, 0.5) is 8.78 Å². The molecule has 0 aliphatic heterocycles. The largest absolute Gasteiger partial charge is 0.456 e. The van der Waals surface area contributed by atoms with Crippen molar-refractivity contribution in [3.8, 4) is 11.8 Å². The van der Waals surface area contributed by atoms with E-state index in [2.05, 4.69) is 16.6 Å². The summed E-state index contributed by atoms with van der Waals surface area (Å²) in [4.78, 5) is 10.9. The van der Waals surface area contributed by atoms with Crippen molar-refractivity contribution < 1.29 is 23.4 Å². The molecular weight excluding hydrogens is 230 g/mol. The zero-order valence-electron chi connectivity index (χ0n) is 9.09. The predicted octanol–water partition coefficient (Wildman–Crippen LogP) is 1.37. The van der Waals surface area contributed by atoms with E-state index in [-0.39, 0.29) is 12.2 Å². The predicted molar refractivity (Wildman–Crippen MR) is 55.8 cm³/mol. The molecule has 0 atom stereocenters. The van der Waals surface area contributed by atoms with Crippen LogP contribution in [0.15, 0.2) is 12.1 Å². The Labute approximate surface area is 97.0 Å². The number of hydrogen-bond donors (Lipinski definition) is 1. The van der Waals surface area contributed by atoms with Gasteiger partial charge in [0.25, 0.3) is 0 Å². The van der Waals surface area contributed by atoms with Crippen LogP contribution in [0.5, 0.6) is 0 Å². The summed E-state index contributed by atoms with van der Waals surface area (Å²) in [5.74, 6) is 1.79. The third-order valence-electron chi connectivity index (χ3n) is 1.88. The number of hydrogen-bond acceptors (Lipinski definition) is 3. The van der Waals surface area contributed by atoms with Gasteiger partial charge in [-0.05, 0) is 19.1 Å². The van der Waals surface area contributed by atoms with Gasteiger partial charge in [-0.15, -0.1) is 0 Å². The Balaban J connectivity index is 2.97. The van der Waals surface area contributed by atoms with E-state index in [1.807, 2.05) is 0 Å². The highest BCUT2D eigenvalue weighted by Crippen LogP contribution is 2.14. The Kier molecular flexibility index (Phi) is 4.61. The third kappa shape index (κ3) is 3.54. The molecule has 1 N–H and O–H groups in total. The molecule has 0 bridgehead atoms. The summed E-state index contributed by atoms with van der Waals surface area (Å²) < 4.78 is 30.9. The number of ether oxygens (including phenoxy) is 1. The van der Waals surface area contributed by atoms with Crippen LogP contribution in [-0.2, 0) is 16.1 Å². The lowest BCUT2D eigenvalue weighted by Gasteiger charge is -2.01. The van der Waals surface area contributed by atoms with Gasteiger partial charge in [-0.1, -0.05) is 5.92 Å². The third-order valence-corrected chi connectivity index (χ3v) is 1.88. The molecule has 5 heteroatoms. The minimum Gasteiger partial charge on any atom is -0.456 e. The molecule has 0 saturated carbocycles. The maximum Gasteiger partial charge on any atom is 0.384 e. The summed E-state index contributed by atoms with van der Waals surface area (Å²) in [6.07, 6.45) is 0. The van der Waals surface area contributed by atoms with Crippen molar-refractivity contribution in [2.75, 3.05) is 6.61 Å². The Bertz CT molecular complexity index is 463. The van der Waals surface area contributed by atoms with Gasteiger partial charge in [-0.2, -0.15) is 0 Å². The van der Waals surface area contributed by atoms with E-state index < -0.39 is 29.8 Å². The highest BCUT2D eigenvalue weighted by atomic mass is 19.1. The lowest BCUT2D eigenvalue weighted by Crippen LogP contribution is -2.00.